The van der Waals surface area contributed by atoms with Gasteiger partial charge in [-0.05, 0) is 30.5 Å². The number of amides is 1. The highest BCUT2D eigenvalue weighted by Gasteiger charge is 2.23. The Hall–Kier alpha value is -2.55. The molecule has 1 atom stereocenters. The topological polar surface area (TPSA) is 29.5 Å². The van der Waals surface area contributed by atoms with Gasteiger partial charge < -0.3 is 9.64 Å². The summed E-state index contributed by atoms with van der Waals surface area (Å²) in [5.41, 5.74) is 2.24. The third-order valence-electron chi connectivity index (χ3n) is 4.55. The van der Waals surface area contributed by atoms with Crippen LogP contribution in [0.1, 0.15) is 29.9 Å². The van der Waals surface area contributed by atoms with E-state index < -0.39 is 0 Å². The average Bonchev–Trinajstić information content (AvgIpc) is 2.67. The minimum absolute atomic E-state index is 0.0709. The molecule has 1 aliphatic heterocycles. The molecule has 2 aromatic carbocycles. The molecule has 2 aromatic rings. The number of ether oxygens (including phenoxy) is 1. The largest absolute Gasteiger partial charge is 0.496 e. The molecular formula is C21H23NO2. The van der Waals surface area contributed by atoms with Gasteiger partial charge in [0.15, 0.2) is 0 Å². The van der Waals surface area contributed by atoms with Crippen molar-refractivity contribution in [3.05, 3.63) is 71.8 Å². The lowest BCUT2D eigenvalue weighted by Gasteiger charge is -2.32. The molecule has 3 heteroatoms. The van der Waals surface area contributed by atoms with E-state index >= 15 is 0 Å². The second-order valence-electron chi connectivity index (χ2n) is 6.11. The molecular weight excluding hydrogens is 298 g/mol. The van der Waals surface area contributed by atoms with Crippen molar-refractivity contribution >= 4 is 12.0 Å². The maximum absolute atomic E-state index is 12.5. The van der Waals surface area contributed by atoms with E-state index in [1.54, 1.807) is 13.2 Å². The van der Waals surface area contributed by atoms with Crippen LogP contribution in [0.15, 0.2) is 60.7 Å². The summed E-state index contributed by atoms with van der Waals surface area (Å²) >= 11 is 0. The lowest BCUT2D eigenvalue weighted by Crippen LogP contribution is -2.38. The second-order valence-corrected chi connectivity index (χ2v) is 6.11. The molecule has 0 aliphatic carbocycles. The normalized spacial score (nSPS) is 17.9. The van der Waals surface area contributed by atoms with Crippen molar-refractivity contribution in [2.75, 3.05) is 20.2 Å². The quantitative estimate of drug-likeness (QED) is 0.793. The Balaban J connectivity index is 1.67. The first-order chi connectivity index (χ1) is 11.8. The van der Waals surface area contributed by atoms with Crippen LogP contribution < -0.4 is 4.74 Å². The third-order valence-corrected chi connectivity index (χ3v) is 4.55. The number of carbonyl (C=O) groups is 1. The van der Waals surface area contributed by atoms with Gasteiger partial charge in [-0.1, -0.05) is 48.5 Å². The fourth-order valence-electron chi connectivity index (χ4n) is 3.25. The van der Waals surface area contributed by atoms with Gasteiger partial charge in [0.25, 0.3) is 0 Å². The molecule has 0 aromatic heterocycles. The summed E-state index contributed by atoms with van der Waals surface area (Å²) in [7, 11) is 1.64. The molecule has 0 bridgehead atoms. The summed E-state index contributed by atoms with van der Waals surface area (Å²) in [6.45, 7) is 1.62. The van der Waals surface area contributed by atoms with Gasteiger partial charge in [0.05, 0.1) is 7.11 Å². The lowest BCUT2D eigenvalue weighted by atomic mass is 9.90. The first-order valence-corrected chi connectivity index (χ1v) is 8.43. The summed E-state index contributed by atoms with van der Waals surface area (Å²) in [6, 6.07) is 18.2. The van der Waals surface area contributed by atoms with Crippen LogP contribution in [-0.4, -0.2) is 31.0 Å². The molecule has 0 saturated carbocycles. The van der Waals surface area contributed by atoms with E-state index in [-0.39, 0.29) is 5.91 Å². The predicted octanol–water partition coefficient (Wildman–Crippen LogP) is 4.11. The first-order valence-electron chi connectivity index (χ1n) is 8.43. The number of hydrogen-bond acceptors (Lipinski definition) is 2. The molecule has 0 N–H and O–H groups in total. The van der Waals surface area contributed by atoms with Crippen LogP contribution >= 0.6 is 0 Å². The number of nitrogens with zero attached hydrogens (tertiary/aromatic N) is 1. The van der Waals surface area contributed by atoms with E-state index in [1.165, 1.54) is 5.56 Å². The van der Waals surface area contributed by atoms with Crippen LogP contribution in [0.5, 0.6) is 5.75 Å². The highest BCUT2D eigenvalue weighted by Crippen LogP contribution is 2.27. The zero-order valence-electron chi connectivity index (χ0n) is 14.0. The fraction of sp³-hybridized carbons (Fsp3) is 0.286. The smallest absolute Gasteiger partial charge is 0.246 e. The van der Waals surface area contributed by atoms with E-state index in [1.807, 2.05) is 41.3 Å². The van der Waals surface area contributed by atoms with Gasteiger partial charge >= 0.3 is 0 Å². The molecule has 1 aliphatic rings. The molecule has 1 unspecified atom stereocenters. The van der Waals surface area contributed by atoms with Gasteiger partial charge in [0.2, 0.25) is 5.91 Å². The lowest BCUT2D eigenvalue weighted by molar-refractivity contribution is -0.127. The van der Waals surface area contributed by atoms with Crippen molar-refractivity contribution in [2.24, 2.45) is 0 Å². The maximum atomic E-state index is 12.5. The fourth-order valence-corrected chi connectivity index (χ4v) is 3.25. The Morgan fingerprint density at radius 3 is 2.67 bits per heavy atom. The summed E-state index contributed by atoms with van der Waals surface area (Å²) in [5, 5.41) is 0. The van der Waals surface area contributed by atoms with Crippen molar-refractivity contribution in [3.8, 4) is 5.75 Å². The second kappa shape index (κ2) is 7.82. The molecule has 1 amide bonds. The number of hydrogen-bond donors (Lipinski definition) is 0. The number of rotatable bonds is 4. The van der Waals surface area contributed by atoms with Gasteiger partial charge in [-0.15, -0.1) is 0 Å². The van der Waals surface area contributed by atoms with Crippen LogP contribution in [0, 0.1) is 0 Å². The van der Waals surface area contributed by atoms with Crippen LogP contribution in [-0.2, 0) is 4.79 Å². The molecule has 24 heavy (non-hydrogen) atoms. The maximum Gasteiger partial charge on any atom is 0.246 e. The van der Waals surface area contributed by atoms with Crippen molar-refractivity contribution < 1.29 is 9.53 Å². The number of piperidine rings is 1. The molecule has 0 radical (unpaired) electrons. The van der Waals surface area contributed by atoms with Gasteiger partial charge in [-0.3, -0.25) is 4.79 Å². The summed E-state index contributed by atoms with van der Waals surface area (Å²) in [5.74, 6) is 1.28. The van der Waals surface area contributed by atoms with E-state index in [9.17, 15) is 4.79 Å². The van der Waals surface area contributed by atoms with Gasteiger partial charge in [-0.2, -0.15) is 0 Å². The number of carbonyl (C=O) groups excluding carboxylic acids is 1. The number of methoxy groups -OCH3 is 1. The van der Waals surface area contributed by atoms with Gasteiger partial charge in [0.1, 0.15) is 5.75 Å². The highest BCUT2D eigenvalue weighted by molar-refractivity contribution is 5.92. The zero-order chi connectivity index (χ0) is 16.8. The first kappa shape index (κ1) is 16.3. The summed E-state index contributed by atoms with van der Waals surface area (Å²) in [6.07, 6.45) is 5.69. The third kappa shape index (κ3) is 3.85. The molecule has 0 spiro atoms. The van der Waals surface area contributed by atoms with Gasteiger partial charge in [0, 0.05) is 30.6 Å². The Morgan fingerprint density at radius 1 is 1.12 bits per heavy atom. The van der Waals surface area contributed by atoms with Crippen LogP contribution in [0.3, 0.4) is 0 Å². The highest BCUT2D eigenvalue weighted by atomic mass is 16.5. The van der Waals surface area contributed by atoms with Crippen molar-refractivity contribution in [1.82, 2.24) is 4.90 Å². The molecule has 1 saturated heterocycles. The Kier molecular flexibility index (Phi) is 5.32. The average molecular weight is 321 g/mol. The molecule has 3 nitrogen and oxygen atoms in total. The summed E-state index contributed by atoms with van der Waals surface area (Å²) < 4.78 is 5.32. The SMILES string of the molecule is COc1ccccc1C=CC(=O)N1CCCC(c2ccccc2)C1. The van der Waals surface area contributed by atoms with Crippen molar-refractivity contribution in [3.63, 3.8) is 0 Å². The van der Waals surface area contributed by atoms with Crippen LogP contribution in [0.25, 0.3) is 6.08 Å². The minimum Gasteiger partial charge on any atom is -0.496 e. The van der Waals surface area contributed by atoms with Crippen LogP contribution in [0.2, 0.25) is 0 Å². The molecule has 1 fully saturated rings. The summed E-state index contributed by atoms with van der Waals surface area (Å²) in [4.78, 5) is 14.5. The number of para-hydroxylation sites is 1. The van der Waals surface area contributed by atoms with Crippen molar-refractivity contribution in [2.45, 2.75) is 18.8 Å². The van der Waals surface area contributed by atoms with Crippen molar-refractivity contribution in [1.29, 1.82) is 0 Å². The standard InChI is InChI=1S/C21H23NO2/c1-24-20-12-6-5-10-18(20)13-14-21(23)22-15-7-11-19(16-22)17-8-3-2-4-9-17/h2-6,8-10,12-14,19H,7,11,15-16H2,1H3. The Labute approximate surface area is 143 Å². The Morgan fingerprint density at radius 2 is 1.88 bits per heavy atom. The number of likely N-dealkylation sites (tertiary alicyclic amines) is 1. The Bertz CT molecular complexity index is 709. The van der Waals surface area contributed by atoms with Crippen LogP contribution in [0.4, 0.5) is 0 Å². The monoisotopic (exact) mass is 321 g/mol. The predicted molar refractivity (Wildman–Crippen MR) is 97.0 cm³/mol. The van der Waals surface area contributed by atoms with E-state index in [4.69, 9.17) is 4.74 Å². The molecule has 1 heterocycles. The minimum atomic E-state index is 0.0709. The zero-order valence-corrected chi connectivity index (χ0v) is 14.0. The van der Waals surface area contributed by atoms with Gasteiger partial charge in [-0.25, -0.2) is 0 Å². The van der Waals surface area contributed by atoms with E-state index in [2.05, 4.69) is 24.3 Å². The van der Waals surface area contributed by atoms with E-state index in [0.29, 0.717) is 5.92 Å². The number of benzene rings is 2. The molecule has 3 rings (SSSR count). The van der Waals surface area contributed by atoms with E-state index in [0.717, 1.165) is 37.2 Å². The molecule has 124 valence electrons.